The third-order valence-corrected chi connectivity index (χ3v) is 6.95. The van der Waals surface area contributed by atoms with Crippen molar-refractivity contribution >= 4 is 10.0 Å². The first-order valence-electron chi connectivity index (χ1n) is 8.50. The molecule has 26 heavy (non-hydrogen) atoms. The predicted octanol–water partition coefficient (Wildman–Crippen LogP) is 3.13. The SMILES string of the molecule is COc1cc(C)c(S(=O)(=O)N2CCc3ccc(CC#N)cc3C2)c(C)c1. The number of nitriles is 1. The number of methoxy groups -OCH3 is 1. The molecule has 0 aromatic heterocycles. The normalized spacial score (nSPS) is 14.5. The number of rotatable bonds is 4. The lowest BCUT2D eigenvalue weighted by atomic mass is 9.98. The molecule has 0 N–H and O–H groups in total. The quantitative estimate of drug-likeness (QED) is 0.829. The van der Waals surface area contributed by atoms with Gasteiger partial charge in [0.1, 0.15) is 5.75 Å². The van der Waals surface area contributed by atoms with Gasteiger partial charge < -0.3 is 4.74 Å². The molecule has 0 saturated carbocycles. The first kappa shape index (κ1) is 18.4. The summed E-state index contributed by atoms with van der Waals surface area (Å²) in [6.07, 6.45) is 1.01. The fraction of sp³-hybridized carbons (Fsp3) is 0.350. The third kappa shape index (κ3) is 3.33. The summed E-state index contributed by atoms with van der Waals surface area (Å²) in [5.41, 5.74) is 4.43. The smallest absolute Gasteiger partial charge is 0.243 e. The zero-order valence-corrected chi connectivity index (χ0v) is 16.1. The van der Waals surface area contributed by atoms with Crippen molar-refractivity contribution in [3.63, 3.8) is 0 Å². The molecule has 5 nitrogen and oxygen atoms in total. The lowest BCUT2D eigenvalue weighted by Crippen LogP contribution is -2.36. The summed E-state index contributed by atoms with van der Waals surface area (Å²) in [6, 6.07) is 11.6. The molecule has 0 fully saturated rings. The average Bonchev–Trinajstić information content (AvgIpc) is 2.60. The summed E-state index contributed by atoms with van der Waals surface area (Å²) < 4.78 is 33.3. The zero-order chi connectivity index (χ0) is 18.9. The number of ether oxygens (including phenoxy) is 1. The Kier molecular flexibility index (Phi) is 5.03. The molecule has 0 amide bonds. The summed E-state index contributed by atoms with van der Waals surface area (Å²) >= 11 is 0. The van der Waals surface area contributed by atoms with Crippen molar-refractivity contribution in [3.8, 4) is 11.8 Å². The number of benzene rings is 2. The highest BCUT2D eigenvalue weighted by Crippen LogP contribution is 2.31. The second kappa shape index (κ2) is 7.10. The Morgan fingerprint density at radius 2 is 1.85 bits per heavy atom. The standard InChI is InChI=1S/C20H22N2O3S/c1-14-10-19(25-3)11-15(2)20(14)26(23,24)22-9-7-17-5-4-16(6-8-21)12-18(17)13-22/h4-5,10-12H,6-7,9,13H2,1-3H3. The monoisotopic (exact) mass is 370 g/mol. The summed E-state index contributed by atoms with van der Waals surface area (Å²) in [5, 5.41) is 8.89. The van der Waals surface area contributed by atoms with E-state index in [1.807, 2.05) is 18.2 Å². The molecule has 0 radical (unpaired) electrons. The minimum absolute atomic E-state index is 0.330. The first-order valence-corrected chi connectivity index (χ1v) is 9.94. The van der Waals surface area contributed by atoms with Gasteiger partial charge in [0.05, 0.1) is 24.5 Å². The van der Waals surface area contributed by atoms with E-state index in [2.05, 4.69) is 6.07 Å². The molecular formula is C20H22N2O3S. The van der Waals surface area contributed by atoms with Gasteiger partial charge in [-0.15, -0.1) is 0 Å². The molecule has 0 spiro atoms. The lowest BCUT2D eigenvalue weighted by molar-refractivity contribution is 0.390. The van der Waals surface area contributed by atoms with Gasteiger partial charge in [-0.25, -0.2) is 8.42 Å². The van der Waals surface area contributed by atoms with Crippen LogP contribution in [0.2, 0.25) is 0 Å². The maximum Gasteiger partial charge on any atom is 0.243 e. The predicted molar refractivity (Wildman–Crippen MR) is 99.5 cm³/mol. The highest BCUT2D eigenvalue weighted by Gasteiger charge is 2.31. The van der Waals surface area contributed by atoms with Crippen LogP contribution in [0.25, 0.3) is 0 Å². The van der Waals surface area contributed by atoms with Gasteiger partial charge in [0.15, 0.2) is 0 Å². The molecule has 2 aromatic rings. The minimum atomic E-state index is -3.60. The molecular weight excluding hydrogens is 348 g/mol. The van der Waals surface area contributed by atoms with E-state index in [1.54, 1.807) is 33.1 Å². The number of aryl methyl sites for hydroxylation is 2. The number of hydrogen-bond acceptors (Lipinski definition) is 4. The number of hydrogen-bond donors (Lipinski definition) is 0. The van der Waals surface area contributed by atoms with Crippen molar-refractivity contribution in [2.75, 3.05) is 13.7 Å². The molecule has 0 unspecified atom stereocenters. The van der Waals surface area contributed by atoms with Crippen LogP contribution in [0.4, 0.5) is 0 Å². The van der Waals surface area contributed by atoms with E-state index in [0.717, 1.165) is 16.7 Å². The molecule has 0 saturated heterocycles. The van der Waals surface area contributed by atoms with Crippen LogP contribution in [-0.2, 0) is 29.4 Å². The van der Waals surface area contributed by atoms with Crippen LogP contribution in [0.3, 0.4) is 0 Å². The second-order valence-corrected chi connectivity index (χ2v) is 8.49. The summed E-state index contributed by atoms with van der Waals surface area (Å²) in [4.78, 5) is 0.356. The maximum absolute atomic E-state index is 13.3. The minimum Gasteiger partial charge on any atom is -0.497 e. The topological polar surface area (TPSA) is 70.4 Å². The van der Waals surface area contributed by atoms with Gasteiger partial charge in [-0.3, -0.25) is 0 Å². The third-order valence-electron chi connectivity index (χ3n) is 4.80. The van der Waals surface area contributed by atoms with Crippen LogP contribution in [0, 0.1) is 25.2 Å². The lowest BCUT2D eigenvalue weighted by Gasteiger charge is -2.29. The largest absolute Gasteiger partial charge is 0.497 e. The summed E-state index contributed by atoms with van der Waals surface area (Å²) in [5.74, 6) is 0.657. The van der Waals surface area contributed by atoms with Gasteiger partial charge in [0.25, 0.3) is 0 Å². The molecule has 1 aliphatic rings. The van der Waals surface area contributed by atoms with Crippen molar-refractivity contribution < 1.29 is 13.2 Å². The highest BCUT2D eigenvalue weighted by atomic mass is 32.2. The molecule has 136 valence electrons. The van der Waals surface area contributed by atoms with Gasteiger partial charge in [-0.05, 0) is 60.2 Å². The maximum atomic E-state index is 13.3. The van der Waals surface area contributed by atoms with E-state index in [0.29, 0.717) is 47.7 Å². The summed E-state index contributed by atoms with van der Waals surface area (Å²) in [6.45, 7) is 4.39. The van der Waals surface area contributed by atoms with Gasteiger partial charge in [-0.1, -0.05) is 18.2 Å². The van der Waals surface area contributed by atoms with E-state index in [4.69, 9.17) is 10.00 Å². The Morgan fingerprint density at radius 3 is 2.46 bits per heavy atom. The Morgan fingerprint density at radius 1 is 1.15 bits per heavy atom. The van der Waals surface area contributed by atoms with Crippen LogP contribution < -0.4 is 4.74 Å². The van der Waals surface area contributed by atoms with Crippen LogP contribution in [0.5, 0.6) is 5.75 Å². The molecule has 1 heterocycles. The van der Waals surface area contributed by atoms with E-state index in [1.165, 1.54) is 4.31 Å². The van der Waals surface area contributed by atoms with Crippen molar-refractivity contribution in [3.05, 3.63) is 58.1 Å². The van der Waals surface area contributed by atoms with E-state index in [9.17, 15) is 8.42 Å². The second-order valence-electron chi connectivity index (χ2n) is 6.62. The van der Waals surface area contributed by atoms with Gasteiger partial charge in [0, 0.05) is 13.1 Å². The van der Waals surface area contributed by atoms with Crippen molar-refractivity contribution in [2.45, 2.75) is 38.1 Å². The molecule has 3 rings (SSSR count). The molecule has 1 aliphatic heterocycles. The number of nitrogens with zero attached hydrogens (tertiary/aromatic N) is 2. The van der Waals surface area contributed by atoms with Gasteiger partial charge >= 0.3 is 0 Å². The molecule has 0 aliphatic carbocycles. The Labute approximate surface area is 154 Å². The van der Waals surface area contributed by atoms with Crippen molar-refractivity contribution in [2.24, 2.45) is 0 Å². The Bertz CT molecular complexity index is 968. The van der Waals surface area contributed by atoms with Crippen molar-refractivity contribution in [1.82, 2.24) is 4.31 Å². The molecule has 0 atom stereocenters. The number of fused-ring (bicyclic) bond motifs is 1. The fourth-order valence-electron chi connectivity index (χ4n) is 3.56. The van der Waals surface area contributed by atoms with Crippen LogP contribution in [-0.4, -0.2) is 26.4 Å². The van der Waals surface area contributed by atoms with E-state index >= 15 is 0 Å². The van der Waals surface area contributed by atoms with Crippen LogP contribution in [0.15, 0.2) is 35.2 Å². The first-order chi connectivity index (χ1) is 12.4. The number of sulfonamides is 1. The summed E-state index contributed by atoms with van der Waals surface area (Å²) in [7, 11) is -2.03. The van der Waals surface area contributed by atoms with Crippen molar-refractivity contribution in [1.29, 1.82) is 5.26 Å². The van der Waals surface area contributed by atoms with E-state index < -0.39 is 10.0 Å². The molecule has 2 aromatic carbocycles. The van der Waals surface area contributed by atoms with Gasteiger partial charge in [0.2, 0.25) is 10.0 Å². The fourth-order valence-corrected chi connectivity index (χ4v) is 5.39. The zero-order valence-electron chi connectivity index (χ0n) is 15.2. The van der Waals surface area contributed by atoms with Crippen LogP contribution in [0.1, 0.15) is 27.8 Å². The molecule has 6 heteroatoms. The van der Waals surface area contributed by atoms with E-state index in [-0.39, 0.29) is 0 Å². The average molecular weight is 370 g/mol. The highest BCUT2D eigenvalue weighted by molar-refractivity contribution is 7.89. The Balaban J connectivity index is 1.97. The van der Waals surface area contributed by atoms with Gasteiger partial charge in [-0.2, -0.15) is 9.57 Å². The van der Waals surface area contributed by atoms with Crippen LogP contribution >= 0.6 is 0 Å². The Hall–Kier alpha value is -2.36. The molecule has 0 bridgehead atoms.